The molecule has 0 aliphatic carbocycles. The molecule has 0 spiro atoms. The lowest BCUT2D eigenvalue weighted by Gasteiger charge is -2.25. The molecule has 0 N–H and O–H groups in total. The van der Waals surface area contributed by atoms with E-state index in [1.54, 1.807) is 45.2 Å². The molecule has 0 bridgehead atoms. The first-order valence-corrected chi connectivity index (χ1v) is 14.2. The Balaban J connectivity index is 1.94. The van der Waals surface area contributed by atoms with Crippen LogP contribution in [-0.4, -0.2) is 37.5 Å². The summed E-state index contributed by atoms with van der Waals surface area (Å²) in [6.07, 6.45) is 1.67. The molecule has 0 radical (unpaired) electrons. The van der Waals surface area contributed by atoms with Crippen molar-refractivity contribution in [3.05, 3.63) is 81.9 Å². The summed E-state index contributed by atoms with van der Waals surface area (Å²) in [5.41, 5.74) is 1.81. The summed E-state index contributed by atoms with van der Waals surface area (Å²) >= 11 is 11.1. The minimum atomic E-state index is -0.782. The van der Waals surface area contributed by atoms with E-state index in [9.17, 15) is 9.59 Å². The Bertz CT molecular complexity index is 1620. The third-order valence-electron chi connectivity index (χ3n) is 5.91. The maximum absolute atomic E-state index is 13.9. The van der Waals surface area contributed by atoms with E-state index in [0.717, 1.165) is 0 Å². The van der Waals surface area contributed by atoms with Gasteiger partial charge < -0.3 is 18.9 Å². The van der Waals surface area contributed by atoms with E-state index in [4.69, 9.17) is 30.5 Å². The number of rotatable bonds is 8. The van der Waals surface area contributed by atoms with Crippen LogP contribution in [0.15, 0.2) is 55.9 Å². The highest BCUT2D eigenvalue weighted by molar-refractivity contribution is 9.10. The standard InChI is InChI=1S/C28H28BrClN2O6S/c1-7-37-27(34)23-15(4)31-28-32(24(23)17-8-9-20(38-14(2)3)21(13-17)35-5)26(33)22(39-28)12-16-10-18(29)25(36-6)19(30)11-16/h8-14,24H,7H2,1-6H3/b22-12-/t24-/m0/s1. The second-order valence-electron chi connectivity index (χ2n) is 8.90. The fourth-order valence-electron chi connectivity index (χ4n) is 4.32. The average molecular weight is 636 g/mol. The molecule has 1 aliphatic heterocycles. The normalized spacial score (nSPS) is 15.2. The Hall–Kier alpha value is -3.08. The Morgan fingerprint density at radius 1 is 1.21 bits per heavy atom. The zero-order valence-electron chi connectivity index (χ0n) is 22.3. The lowest BCUT2D eigenvalue weighted by molar-refractivity contribution is -0.139. The number of carbonyl (C=O) groups is 1. The van der Waals surface area contributed by atoms with Crippen molar-refractivity contribution in [1.29, 1.82) is 0 Å². The van der Waals surface area contributed by atoms with E-state index >= 15 is 0 Å². The van der Waals surface area contributed by atoms with Crippen molar-refractivity contribution < 1.29 is 23.7 Å². The molecule has 2 aromatic carbocycles. The minimum absolute atomic E-state index is 0.0638. The number of thiazole rings is 1. The van der Waals surface area contributed by atoms with Gasteiger partial charge in [-0.1, -0.05) is 29.0 Å². The number of nitrogens with zero attached hydrogens (tertiary/aromatic N) is 2. The number of hydrogen-bond donors (Lipinski definition) is 0. The molecule has 3 aromatic rings. The zero-order chi connectivity index (χ0) is 28.4. The molecule has 0 saturated heterocycles. The summed E-state index contributed by atoms with van der Waals surface area (Å²) in [6, 6.07) is 8.12. The van der Waals surface area contributed by atoms with Crippen LogP contribution in [0.4, 0.5) is 0 Å². The van der Waals surface area contributed by atoms with E-state index in [1.807, 2.05) is 26.0 Å². The minimum Gasteiger partial charge on any atom is -0.494 e. The third-order valence-corrected chi connectivity index (χ3v) is 7.76. The monoisotopic (exact) mass is 634 g/mol. The molecule has 1 atom stereocenters. The van der Waals surface area contributed by atoms with E-state index < -0.39 is 12.0 Å². The highest BCUT2D eigenvalue weighted by atomic mass is 79.9. The van der Waals surface area contributed by atoms with Crippen LogP contribution in [0.25, 0.3) is 6.08 Å². The van der Waals surface area contributed by atoms with Crippen LogP contribution in [0.1, 0.15) is 44.9 Å². The smallest absolute Gasteiger partial charge is 0.338 e. The molecule has 11 heteroatoms. The van der Waals surface area contributed by atoms with Crippen LogP contribution in [0.2, 0.25) is 5.02 Å². The largest absolute Gasteiger partial charge is 0.494 e. The summed E-state index contributed by atoms with van der Waals surface area (Å²) in [5.74, 6) is 1.01. The summed E-state index contributed by atoms with van der Waals surface area (Å²) in [5, 5.41) is 0.403. The highest BCUT2D eigenvalue weighted by Crippen LogP contribution is 2.37. The SMILES string of the molecule is CCOC(=O)C1=C(C)N=c2s/c(=C\c3cc(Cl)c(OC)c(Br)c3)c(=O)n2[C@H]1c1ccc(OC(C)C)c(OC)c1. The number of benzene rings is 2. The fourth-order valence-corrected chi connectivity index (χ4v) is 6.43. The van der Waals surface area contributed by atoms with Gasteiger partial charge in [-0.25, -0.2) is 9.79 Å². The number of allylic oxidation sites excluding steroid dienone is 1. The molecule has 8 nitrogen and oxygen atoms in total. The summed E-state index contributed by atoms with van der Waals surface area (Å²) in [7, 11) is 3.08. The molecule has 2 heterocycles. The lowest BCUT2D eigenvalue weighted by atomic mass is 9.95. The molecule has 0 fully saturated rings. The highest BCUT2D eigenvalue weighted by Gasteiger charge is 2.34. The fraction of sp³-hybridized carbons (Fsp3) is 0.321. The Morgan fingerprint density at radius 2 is 1.95 bits per heavy atom. The van der Waals surface area contributed by atoms with E-state index in [2.05, 4.69) is 20.9 Å². The van der Waals surface area contributed by atoms with Gasteiger partial charge in [-0.2, -0.15) is 0 Å². The van der Waals surface area contributed by atoms with Gasteiger partial charge >= 0.3 is 5.97 Å². The summed E-state index contributed by atoms with van der Waals surface area (Å²) in [6.45, 7) is 7.50. The summed E-state index contributed by atoms with van der Waals surface area (Å²) < 4.78 is 24.8. The molecule has 1 aromatic heterocycles. The Morgan fingerprint density at radius 3 is 2.56 bits per heavy atom. The molecule has 206 valence electrons. The van der Waals surface area contributed by atoms with E-state index in [0.29, 0.717) is 52.9 Å². The van der Waals surface area contributed by atoms with Gasteiger partial charge in [-0.3, -0.25) is 9.36 Å². The molecule has 0 amide bonds. The van der Waals surface area contributed by atoms with Crippen LogP contribution < -0.4 is 29.1 Å². The molecule has 0 saturated carbocycles. The van der Waals surface area contributed by atoms with Crippen LogP contribution in [-0.2, 0) is 9.53 Å². The van der Waals surface area contributed by atoms with Crippen LogP contribution >= 0.6 is 38.9 Å². The van der Waals surface area contributed by atoms with E-state index in [-0.39, 0.29) is 23.8 Å². The second kappa shape index (κ2) is 12.0. The average Bonchev–Trinajstić information content (AvgIpc) is 3.17. The number of hydrogen-bond acceptors (Lipinski definition) is 8. The predicted molar refractivity (Wildman–Crippen MR) is 155 cm³/mol. The first-order chi connectivity index (χ1) is 18.6. The van der Waals surface area contributed by atoms with Gasteiger partial charge in [0.2, 0.25) is 0 Å². The Labute approximate surface area is 243 Å². The van der Waals surface area contributed by atoms with Gasteiger partial charge in [0.15, 0.2) is 22.0 Å². The second-order valence-corrected chi connectivity index (χ2v) is 11.2. The molecular weight excluding hydrogens is 608 g/mol. The van der Waals surface area contributed by atoms with Gasteiger partial charge in [0, 0.05) is 0 Å². The van der Waals surface area contributed by atoms with Crippen molar-refractivity contribution in [3.8, 4) is 17.2 Å². The summed E-state index contributed by atoms with van der Waals surface area (Å²) in [4.78, 5) is 32.1. The predicted octanol–water partition coefficient (Wildman–Crippen LogP) is 5.02. The van der Waals surface area contributed by atoms with E-state index in [1.165, 1.54) is 23.0 Å². The van der Waals surface area contributed by atoms with Crippen molar-refractivity contribution in [3.63, 3.8) is 0 Å². The van der Waals surface area contributed by atoms with Crippen molar-refractivity contribution >= 4 is 50.9 Å². The molecule has 39 heavy (non-hydrogen) atoms. The number of methoxy groups -OCH3 is 2. The zero-order valence-corrected chi connectivity index (χ0v) is 25.5. The van der Waals surface area contributed by atoms with Crippen LogP contribution in [0.5, 0.6) is 17.2 Å². The number of carbonyl (C=O) groups excluding carboxylic acids is 1. The quantitative estimate of drug-likeness (QED) is 0.323. The maximum Gasteiger partial charge on any atom is 0.338 e. The van der Waals surface area contributed by atoms with Gasteiger partial charge in [-0.05, 0) is 85.1 Å². The van der Waals surface area contributed by atoms with Gasteiger partial charge in [0.05, 0.1) is 58.3 Å². The number of esters is 1. The maximum atomic E-state index is 13.9. The molecule has 4 rings (SSSR count). The number of fused-ring (bicyclic) bond motifs is 1. The van der Waals surface area contributed by atoms with Crippen molar-refractivity contribution in [2.45, 2.75) is 39.8 Å². The third kappa shape index (κ3) is 5.78. The van der Waals surface area contributed by atoms with Crippen molar-refractivity contribution in [1.82, 2.24) is 4.57 Å². The molecule has 0 unspecified atom stereocenters. The van der Waals surface area contributed by atoms with Crippen LogP contribution in [0.3, 0.4) is 0 Å². The lowest BCUT2D eigenvalue weighted by Crippen LogP contribution is -2.40. The number of aromatic nitrogens is 1. The van der Waals surface area contributed by atoms with Crippen molar-refractivity contribution in [2.75, 3.05) is 20.8 Å². The Kier molecular flexibility index (Phi) is 8.88. The van der Waals surface area contributed by atoms with Crippen molar-refractivity contribution in [2.24, 2.45) is 4.99 Å². The number of ether oxygens (including phenoxy) is 4. The first kappa shape index (κ1) is 28.9. The van der Waals surface area contributed by atoms with Gasteiger partial charge in [-0.15, -0.1) is 0 Å². The molecular formula is C28H28BrClN2O6S. The number of halogens is 2. The van der Waals surface area contributed by atoms with Gasteiger partial charge in [0.25, 0.3) is 5.56 Å². The van der Waals surface area contributed by atoms with Crippen LogP contribution in [0, 0.1) is 0 Å². The first-order valence-electron chi connectivity index (χ1n) is 12.2. The topological polar surface area (TPSA) is 88.4 Å². The van der Waals surface area contributed by atoms with Gasteiger partial charge in [0.1, 0.15) is 0 Å². The molecule has 1 aliphatic rings.